The SMILES string of the molecule is COC(C)(C)CNC(=O)NC(C(=O)O)c1cnn(C)c1. The van der Waals surface area contributed by atoms with Crippen molar-refractivity contribution in [1.29, 1.82) is 0 Å². The van der Waals surface area contributed by atoms with E-state index in [9.17, 15) is 9.59 Å². The van der Waals surface area contributed by atoms with Crippen LogP contribution >= 0.6 is 0 Å². The zero-order valence-corrected chi connectivity index (χ0v) is 12.0. The van der Waals surface area contributed by atoms with E-state index in [0.29, 0.717) is 5.56 Å². The van der Waals surface area contributed by atoms with Crippen molar-refractivity contribution in [3.8, 4) is 0 Å². The third-order valence-corrected chi connectivity index (χ3v) is 2.81. The fourth-order valence-electron chi connectivity index (χ4n) is 1.42. The van der Waals surface area contributed by atoms with Crippen LogP contribution < -0.4 is 10.6 Å². The van der Waals surface area contributed by atoms with E-state index in [0.717, 1.165) is 0 Å². The predicted molar refractivity (Wildman–Crippen MR) is 71.2 cm³/mol. The quantitative estimate of drug-likeness (QED) is 0.695. The van der Waals surface area contributed by atoms with Gasteiger partial charge in [-0.2, -0.15) is 5.10 Å². The van der Waals surface area contributed by atoms with Gasteiger partial charge in [-0.1, -0.05) is 0 Å². The molecule has 1 unspecified atom stereocenters. The first-order chi connectivity index (χ1) is 9.25. The fourth-order valence-corrected chi connectivity index (χ4v) is 1.42. The van der Waals surface area contributed by atoms with E-state index < -0.39 is 23.6 Å². The third kappa shape index (κ3) is 4.54. The van der Waals surface area contributed by atoms with Crippen LogP contribution in [-0.2, 0) is 16.6 Å². The lowest BCUT2D eigenvalue weighted by atomic mass is 10.1. The Kier molecular flexibility index (Phi) is 5.09. The molecule has 0 aliphatic carbocycles. The topological polar surface area (TPSA) is 105 Å². The molecule has 0 aliphatic rings. The van der Waals surface area contributed by atoms with Gasteiger partial charge in [0.05, 0.1) is 11.8 Å². The summed E-state index contributed by atoms with van der Waals surface area (Å²) in [6, 6.07) is -1.72. The Morgan fingerprint density at radius 2 is 2.20 bits per heavy atom. The number of hydrogen-bond acceptors (Lipinski definition) is 4. The Labute approximate surface area is 117 Å². The van der Waals surface area contributed by atoms with Crippen molar-refractivity contribution in [3.63, 3.8) is 0 Å². The van der Waals surface area contributed by atoms with Gasteiger partial charge in [0.1, 0.15) is 0 Å². The van der Waals surface area contributed by atoms with Crippen molar-refractivity contribution in [1.82, 2.24) is 20.4 Å². The maximum atomic E-state index is 11.7. The molecule has 112 valence electrons. The number of hydrogen-bond donors (Lipinski definition) is 3. The number of amides is 2. The molecule has 2 amide bonds. The molecular weight excluding hydrogens is 264 g/mol. The van der Waals surface area contributed by atoms with Crippen LogP contribution in [0.1, 0.15) is 25.5 Å². The van der Waals surface area contributed by atoms with Gasteiger partial charge in [-0.15, -0.1) is 0 Å². The average Bonchev–Trinajstić information content (AvgIpc) is 2.79. The molecule has 0 fully saturated rings. The highest BCUT2D eigenvalue weighted by Crippen LogP contribution is 2.12. The number of carboxylic acids is 1. The van der Waals surface area contributed by atoms with Crippen molar-refractivity contribution in [3.05, 3.63) is 18.0 Å². The normalized spacial score (nSPS) is 12.8. The van der Waals surface area contributed by atoms with Gasteiger partial charge >= 0.3 is 12.0 Å². The molecule has 0 aromatic carbocycles. The maximum Gasteiger partial charge on any atom is 0.331 e. The molecule has 8 nitrogen and oxygen atoms in total. The van der Waals surface area contributed by atoms with Gasteiger partial charge in [-0.3, -0.25) is 4.68 Å². The Hall–Kier alpha value is -2.09. The molecule has 0 bridgehead atoms. The number of aromatic nitrogens is 2. The summed E-state index contributed by atoms with van der Waals surface area (Å²) in [5.41, 5.74) is -0.120. The van der Waals surface area contributed by atoms with Crippen molar-refractivity contribution < 1.29 is 19.4 Å². The summed E-state index contributed by atoms with van der Waals surface area (Å²) in [5, 5.41) is 18.0. The number of aliphatic carboxylic acids is 1. The highest BCUT2D eigenvalue weighted by atomic mass is 16.5. The monoisotopic (exact) mass is 284 g/mol. The standard InChI is InChI=1S/C12H20N4O4/c1-12(2,20-4)7-13-11(19)15-9(10(17)18)8-5-14-16(3)6-8/h5-6,9H,7H2,1-4H3,(H,17,18)(H2,13,15,19). The van der Waals surface area contributed by atoms with E-state index in [4.69, 9.17) is 9.84 Å². The van der Waals surface area contributed by atoms with E-state index in [-0.39, 0.29) is 6.54 Å². The fraction of sp³-hybridized carbons (Fsp3) is 0.583. The lowest BCUT2D eigenvalue weighted by Gasteiger charge is -2.23. The Morgan fingerprint density at radius 1 is 1.55 bits per heavy atom. The molecule has 1 atom stereocenters. The number of rotatable bonds is 6. The zero-order chi connectivity index (χ0) is 15.3. The van der Waals surface area contributed by atoms with Crippen LogP contribution in [0.2, 0.25) is 0 Å². The number of carbonyl (C=O) groups is 2. The lowest BCUT2D eigenvalue weighted by Crippen LogP contribution is -2.46. The summed E-state index contributed by atoms with van der Waals surface area (Å²) >= 11 is 0. The molecule has 1 heterocycles. The maximum absolute atomic E-state index is 11.7. The highest BCUT2D eigenvalue weighted by Gasteiger charge is 2.24. The number of urea groups is 1. The molecule has 0 radical (unpaired) electrons. The molecule has 3 N–H and O–H groups in total. The largest absolute Gasteiger partial charge is 0.479 e. The zero-order valence-electron chi connectivity index (χ0n) is 12.0. The second-order valence-electron chi connectivity index (χ2n) is 5.01. The van der Waals surface area contributed by atoms with Crippen LogP contribution in [0.15, 0.2) is 12.4 Å². The molecular formula is C12H20N4O4. The first kappa shape index (κ1) is 16.0. The molecule has 0 aliphatic heterocycles. The summed E-state index contributed by atoms with van der Waals surface area (Å²) in [5.74, 6) is -1.15. The van der Waals surface area contributed by atoms with Gasteiger partial charge in [0.2, 0.25) is 0 Å². The summed E-state index contributed by atoms with van der Waals surface area (Å²) < 4.78 is 6.63. The first-order valence-corrected chi connectivity index (χ1v) is 6.06. The van der Waals surface area contributed by atoms with E-state index in [1.54, 1.807) is 7.05 Å². The predicted octanol–water partition coefficient (Wildman–Crippen LogP) is 0.270. The number of aryl methyl sites for hydroxylation is 1. The van der Waals surface area contributed by atoms with Crippen LogP contribution in [0, 0.1) is 0 Å². The Bertz CT molecular complexity index is 484. The van der Waals surface area contributed by atoms with Crippen molar-refractivity contribution >= 4 is 12.0 Å². The third-order valence-electron chi connectivity index (χ3n) is 2.81. The Morgan fingerprint density at radius 3 is 2.65 bits per heavy atom. The van der Waals surface area contributed by atoms with Gasteiger partial charge < -0.3 is 20.5 Å². The van der Waals surface area contributed by atoms with Crippen LogP contribution in [-0.4, -0.2) is 46.1 Å². The van der Waals surface area contributed by atoms with E-state index in [2.05, 4.69) is 15.7 Å². The van der Waals surface area contributed by atoms with Gasteiger partial charge in [0.15, 0.2) is 6.04 Å². The minimum atomic E-state index is -1.15. The van der Waals surface area contributed by atoms with Gasteiger partial charge in [-0.05, 0) is 13.8 Å². The van der Waals surface area contributed by atoms with Crippen LogP contribution in [0.25, 0.3) is 0 Å². The molecule has 1 aromatic rings. The molecule has 1 rings (SSSR count). The van der Waals surface area contributed by atoms with Crippen molar-refractivity contribution in [2.24, 2.45) is 7.05 Å². The molecule has 0 saturated carbocycles. The van der Waals surface area contributed by atoms with Gasteiger partial charge in [-0.25, -0.2) is 9.59 Å². The summed E-state index contributed by atoms with van der Waals surface area (Å²) in [7, 11) is 3.21. The Balaban J connectivity index is 2.63. The van der Waals surface area contributed by atoms with Gasteiger partial charge in [0, 0.05) is 32.5 Å². The van der Waals surface area contributed by atoms with E-state index >= 15 is 0 Å². The number of ether oxygens (including phenoxy) is 1. The molecule has 0 saturated heterocycles. The van der Waals surface area contributed by atoms with Crippen LogP contribution in [0.5, 0.6) is 0 Å². The average molecular weight is 284 g/mol. The number of nitrogens with zero attached hydrogens (tertiary/aromatic N) is 2. The van der Waals surface area contributed by atoms with Crippen molar-refractivity contribution in [2.75, 3.05) is 13.7 Å². The number of methoxy groups -OCH3 is 1. The minimum absolute atomic E-state index is 0.259. The summed E-state index contributed by atoms with van der Waals surface area (Å²) in [6.45, 7) is 3.88. The minimum Gasteiger partial charge on any atom is -0.479 e. The van der Waals surface area contributed by atoms with E-state index in [1.165, 1.54) is 24.2 Å². The summed E-state index contributed by atoms with van der Waals surface area (Å²) in [4.78, 5) is 22.9. The number of nitrogens with one attached hydrogen (secondary N) is 2. The second-order valence-corrected chi connectivity index (χ2v) is 5.01. The molecule has 0 spiro atoms. The van der Waals surface area contributed by atoms with Gasteiger partial charge in [0.25, 0.3) is 0 Å². The summed E-state index contributed by atoms with van der Waals surface area (Å²) in [6.07, 6.45) is 2.94. The first-order valence-electron chi connectivity index (χ1n) is 6.06. The highest BCUT2D eigenvalue weighted by molar-refractivity contribution is 5.83. The van der Waals surface area contributed by atoms with E-state index in [1.807, 2.05) is 13.8 Å². The van der Waals surface area contributed by atoms with Crippen LogP contribution in [0.3, 0.4) is 0 Å². The second kappa shape index (κ2) is 6.38. The molecule has 8 heteroatoms. The molecule has 20 heavy (non-hydrogen) atoms. The smallest absolute Gasteiger partial charge is 0.331 e. The van der Waals surface area contributed by atoms with Crippen molar-refractivity contribution in [2.45, 2.75) is 25.5 Å². The molecule has 1 aromatic heterocycles. The van der Waals surface area contributed by atoms with Crippen LogP contribution in [0.4, 0.5) is 4.79 Å². The number of carbonyl (C=O) groups excluding carboxylic acids is 1. The number of carboxylic acid groups (broad SMARTS) is 1. The lowest BCUT2D eigenvalue weighted by molar-refractivity contribution is -0.139.